The third-order valence-electron chi connectivity index (χ3n) is 1.22. The number of quaternary nitrogens is 1. The fourth-order valence-electron chi connectivity index (χ4n) is 0.767. The summed E-state index contributed by atoms with van der Waals surface area (Å²) >= 11 is 0. The zero-order chi connectivity index (χ0) is 8.91. The van der Waals surface area contributed by atoms with Crippen LogP contribution < -0.4 is 5.43 Å². The lowest BCUT2D eigenvalue weighted by molar-refractivity contribution is -0.906. The van der Waals surface area contributed by atoms with Crippen LogP contribution in [0.2, 0.25) is 0 Å². The van der Waals surface area contributed by atoms with E-state index < -0.39 is 0 Å². The van der Waals surface area contributed by atoms with Crippen molar-refractivity contribution >= 4 is 5.91 Å². The summed E-state index contributed by atoms with van der Waals surface area (Å²) in [7, 11) is 5.80. The van der Waals surface area contributed by atoms with E-state index in [2.05, 4.69) is 12.3 Å². The molecule has 1 N–H and O–H groups in total. The molecular weight excluding hydrogens is 140 g/mol. The van der Waals surface area contributed by atoms with Gasteiger partial charge in [-0.3, -0.25) is 4.79 Å². The van der Waals surface area contributed by atoms with E-state index in [0.717, 1.165) is 12.8 Å². The second-order valence-corrected chi connectivity index (χ2v) is 3.65. The number of hydrogen-bond donors (Lipinski definition) is 1. The zero-order valence-corrected chi connectivity index (χ0v) is 7.98. The third kappa shape index (κ3) is 7.33. The Kier molecular flexibility index (Phi) is 4.11. The number of nitrogens with zero attached hydrogens (tertiary/aromatic N) is 1. The standard InChI is InChI=1S/C8H18N2O/c1-5-6-7-8(11)9-10(2,3)4/h5-7H2,1-4H3/p+1. The fourth-order valence-corrected chi connectivity index (χ4v) is 0.767. The van der Waals surface area contributed by atoms with Crippen LogP contribution in [0.3, 0.4) is 0 Å². The van der Waals surface area contributed by atoms with Gasteiger partial charge < -0.3 is 0 Å². The van der Waals surface area contributed by atoms with Crippen LogP contribution >= 0.6 is 0 Å². The molecular formula is C8H19N2O+. The van der Waals surface area contributed by atoms with Crippen molar-refractivity contribution in [3.63, 3.8) is 0 Å². The van der Waals surface area contributed by atoms with Crippen molar-refractivity contribution in [2.45, 2.75) is 26.2 Å². The van der Waals surface area contributed by atoms with Crippen molar-refractivity contribution in [2.75, 3.05) is 21.1 Å². The number of nitrogens with one attached hydrogen (secondary N) is 1. The van der Waals surface area contributed by atoms with Crippen LogP contribution in [0.5, 0.6) is 0 Å². The highest BCUT2D eigenvalue weighted by Gasteiger charge is 2.10. The van der Waals surface area contributed by atoms with E-state index >= 15 is 0 Å². The molecule has 0 saturated carbocycles. The van der Waals surface area contributed by atoms with E-state index in [-0.39, 0.29) is 5.91 Å². The average molecular weight is 159 g/mol. The Morgan fingerprint density at radius 1 is 1.36 bits per heavy atom. The van der Waals surface area contributed by atoms with Gasteiger partial charge in [0.2, 0.25) is 0 Å². The van der Waals surface area contributed by atoms with Gasteiger partial charge in [0.25, 0.3) is 5.91 Å². The van der Waals surface area contributed by atoms with E-state index in [1.165, 1.54) is 0 Å². The minimum absolute atomic E-state index is 0.138. The van der Waals surface area contributed by atoms with E-state index in [0.29, 0.717) is 11.0 Å². The van der Waals surface area contributed by atoms with Crippen molar-refractivity contribution < 1.29 is 9.39 Å². The van der Waals surface area contributed by atoms with Crippen LogP contribution in [-0.2, 0) is 4.79 Å². The molecule has 0 bridgehead atoms. The molecule has 0 saturated heterocycles. The zero-order valence-electron chi connectivity index (χ0n) is 7.98. The molecule has 0 rings (SSSR count). The van der Waals surface area contributed by atoms with Gasteiger partial charge in [-0.2, -0.15) is 0 Å². The maximum Gasteiger partial charge on any atom is 0.264 e. The average Bonchev–Trinajstić information content (AvgIpc) is 1.79. The first kappa shape index (κ1) is 10.4. The molecule has 0 aliphatic rings. The van der Waals surface area contributed by atoms with Crippen molar-refractivity contribution in [2.24, 2.45) is 0 Å². The van der Waals surface area contributed by atoms with Crippen LogP contribution in [-0.4, -0.2) is 31.6 Å². The van der Waals surface area contributed by atoms with Gasteiger partial charge in [-0.1, -0.05) is 13.3 Å². The van der Waals surface area contributed by atoms with Gasteiger partial charge in [-0.05, 0) is 6.42 Å². The van der Waals surface area contributed by atoms with Gasteiger partial charge in [-0.25, -0.2) is 10.0 Å². The molecule has 0 aromatic carbocycles. The molecule has 0 aliphatic carbocycles. The minimum Gasteiger partial charge on any atom is -0.270 e. The van der Waals surface area contributed by atoms with Gasteiger partial charge in [0.1, 0.15) is 0 Å². The number of unbranched alkanes of at least 4 members (excludes halogenated alkanes) is 1. The van der Waals surface area contributed by atoms with Crippen LogP contribution in [0.25, 0.3) is 0 Å². The van der Waals surface area contributed by atoms with Gasteiger partial charge >= 0.3 is 0 Å². The summed E-state index contributed by atoms with van der Waals surface area (Å²) in [4.78, 5) is 11.1. The molecule has 1 amide bonds. The van der Waals surface area contributed by atoms with Gasteiger partial charge in [0.05, 0.1) is 21.1 Å². The highest BCUT2D eigenvalue weighted by Crippen LogP contribution is 1.94. The summed E-state index contributed by atoms with van der Waals surface area (Å²) in [5, 5.41) is 0. The van der Waals surface area contributed by atoms with Gasteiger partial charge in [0, 0.05) is 6.42 Å². The third-order valence-corrected chi connectivity index (χ3v) is 1.22. The molecule has 3 heteroatoms. The monoisotopic (exact) mass is 159 g/mol. The quantitative estimate of drug-likeness (QED) is 0.479. The Morgan fingerprint density at radius 3 is 2.27 bits per heavy atom. The first-order chi connectivity index (χ1) is 4.95. The van der Waals surface area contributed by atoms with Crippen LogP contribution in [0.15, 0.2) is 0 Å². The number of carbonyl (C=O) groups is 1. The Balaban J connectivity index is 3.53. The summed E-state index contributed by atoms with van der Waals surface area (Å²) in [6.07, 6.45) is 2.70. The van der Waals surface area contributed by atoms with E-state index in [4.69, 9.17) is 0 Å². The molecule has 0 unspecified atom stereocenters. The van der Waals surface area contributed by atoms with Crippen LogP contribution in [0.1, 0.15) is 26.2 Å². The number of carbonyl (C=O) groups excluding carboxylic acids is 1. The van der Waals surface area contributed by atoms with E-state index in [9.17, 15) is 4.79 Å². The number of rotatable bonds is 4. The normalized spacial score (nSPS) is 11.3. The summed E-state index contributed by atoms with van der Waals surface area (Å²) in [6.45, 7) is 2.08. The summed E-state index contributed by atoms with van der Waals surface area (Å²) in [6, 6.07) is 0. The first-order valence-electron chi connectivity index (χ1n) is 4.08. The Bertz CT molecular complexity index is 127. The number of amides is 1. The molecule has 66 valence electrons. The Morgan fingerprint density at radius 2 is 1.91 bits per heavy atom. The van der Waals surface area contributed by atoms with Crippen molar-refractivity contribution in [1.82, 2.24) is 5.43 Å². The summed E-state index contributed by atoms with van der Waals surface area (Å²) in [5.74, 6) is 0.138. The van der Waals surface area contributed by atoms with Crippen LogP contribution in [0.4, 0.5) is 0 Å². The lowest BCUT2D eigenvalue weighted by atomic mass is 10.2. The highest BCUT2D eigenvalue weighted by molar-refractivity contribution is 5.74. The smallest absolute Gasteiger partial charge is 0.264 e. The molecule has 0 radical (unpaired) electrons. The molecule has 0 atom stereocenters. The largest absolute Gasteiger partial charge is 0.270 e. The van der Waals surface area contributed by atoms with Gasteiger partial charge in [0.15, 0.2) is 0 Å². The molecule has 0 aromatic rings. The molecule has 3 nitrogen and oxygen atoms in total. The first-order valence-corrected chi connectivity index (χ1v) is 4.08. The maximum absolute atomic E-state index is 11.1. The molecule has 11 heavy (non-hydrogen) atoms. The molecule has 0 spiro atoms. The second kappa shape index (κ2) is 4.34. The lowest BCUT2D eigenvalue weighted by Gasteiger charge is -2.23. The van der Waals surface area contributed by atoms with Crippen LogP contribution in [0, 0.1) is 0 Å². The fraction of sp³-hybridized carbons (Fsp3) is 0.875. The predicted molar refractivity (Wildman–Crippen MR) is 45.7 cm³/mol. The minimum atomic E-state index is 0.138. The second-order valence-electron chi connectivity index (χ2n) is 3.65. The van der Waals surface area contributed by atoms with E-state index in [1.54, 1.807) is 0 Å². The molecule has 0 fully saturated rings. The Labute approximate surface area is 68.9 Å². The lowest BCUT2D eigenvalue weighted by Crippen LogP contribution is -2.51. The summed E-state index contributed by atoms with van der Waals surface area (Å²) < 4.78 is 0.503. The highest BCUT2D eigenvalue weighted by atomic mass is 16.2. The summed E-state index contributed by atoms with van der Waals surface area (Å²) in [5.41, 5.74) is 2.85. The molecule has 0 aliphatic heterocycles. The van der Waals surface area contributed by atoms with E-state index in [1.807, 2.05) is 21.1 Å². The topological polar surface area (TPSA) is 29.1 Å². The number of hydrogen-bond acceptors (Lipinski definition) is 1. The van der Waals surface area contributed by atoms with Crippen molar-refractivity contribution in [1.29, 1.82) is 0 Å². The predicted octanol–water partition coefficient (Wildman–Crippen LogP) is 0.914. The SMILES string of the molecule is CCCCC(=O)N[N+](C)(C)C. The van der Waals surface area contributed by atoms with Crippen molar-refractivity contribution in [3.05, 3.63) is 0 Å². The van der Waals surface area contributed by atoms with Crippen molar-refractivity contribution in [3.8, 4) is 0 Å². The molecule has 0 heterocycles. The van der Waals surface area contributed by atoms with Gasteiger partial charge in [-0.15, -0.1) is 0 Å². The molecule has 0 aromatic heterocycles. The maximum atomic E-state index is 11.1. The Hall–Kier alpha value is -0.570.